The van der Waals surface area contributed by atoms with Crippen LogP contribution in [0.1, 0.15) is 32.1 Å². The van der Waals surface area contributed by atoms with Crippen LogP contribution in [0.2, 0.25) is 0 Å². The van der Waals surface area contributed by atoms with E-state index in [1.165, 1.54) is 45.3 Å². The van der Waals surface area contributed by atoms with Crippen LogP contribution >= 0.6 is 0 Å². The van der Waals surface area contributed by atoms with Gasteiger partial charge >= 0.3 is 5.69 Å². The van der Waals surface area contributed by atoms with Crippen molar-refractivity contribution >= 4 is 5.69 Å². The largest absolute Gasteiger partial charge is 0.493 e. The van der Waals surface area contributed by atoms with Crippen LogP contribution in [0, 0.1) is 16.0 Å². The minimum absolute atomic E-state index is 0.0522. The van der Waals surface area contributed by atoms with Gasteiger partial charge in [0.2, 0.25) is 0 Å². The summed E-state index contributed by atoms with van der Waals surface area (Å²) in [5.74, 6) is 1.38. The van der Waals surface area contributed by atoms with Gasteiger partial charge in [-0.1, -0.05) is 19.3 Å². The molecule has 0 amide bonds. The second-order valence-corrected chi connectivity index (χ2v) is 4.91. The Kier molecular flexibility index (Phi) is 4.60. The summed E-state index contributed by atoms with van der Waals surface area (Å²) in [5.41, 5.74) is -0.0522. The molecule has 0 saturated heterocycles. The molecule has 1 aromatic rings. The molecule has 104 valence electrons. The number of nitrogens with zero attached hydrogens (tertiary/aromatic N) is 1. The van der Waals surface area contributed by atoms with E-state index in [4.69, 9.17) is 9.47 Å². The van der Waals surface area contributed by atoms with Crippen LogP contribution < -0.4 is 9.47 Å². The van der Waals surface area contributed by atoms with Crippen molar-refractivity contribution in [2.75, 3.05) is 13.7 Å². The summed E-state index contributed by atoms with van der Waals surface area (Å²) >= 11 is 0. The summed E-state index contributed by atoms with van der Waals surface area (Å²) in [7, 11) is 1.42. The van der Waals surface area contributed by atoms with Gasteiger partial charge in [0.25, 0.3) is 0 Å². The van der Waals surface area contributed by atoms with Crippen LogP contribution in [0.3, 0.4) is 0 Å². The first-order chi connectivity index (χ1) is 9.20. The summed E-state index contributed by atoms with van der Waals surface area (Å²) in [6, 6.07) is 4.73. The highest BCUT2D eigenvalue weighted by Gasteiger charge is 2.17. The summed E-state index contributed by atoms with van der Waals surface area (Å²) in [6.07, 6.45) is 6.22. The van der Waals surface area contributed by atoms with Crippen molar-refractivity contribution in [2.24, 2.45) is 5.92 Å². The third-order valence-electron chi connectivity index (χ3n) is 3.56. The van der Waals surface area contributed by atoms with E-state index in [0.29, 0.717) is 18.3 Å². The topological polar surface area (TPSA) is 61.6 Å². The standard InChI is InChI=1S/C14H19NO4/c1-18-14-8-7-12(9-13(14)15(16)17)19-10-11-5-3-2-4-6-11/h7-9,11H,2-6,10H2,1H3. The van der Waals surface area contributed by atoms with Crippen molar-refractivity contribution in [3.63, 3.8) is 0 Å². The highest BCUT2D eigenvalue weighted by atomic mass is 16.6. The minimum Gasteiger partial charge on any atom is -0.493 e. The Bertz CT molecular complexity index is 441. The lowest BCUT2D eigenvalue weighted by molar-refractivity contribution is -0.385. The molecule has 0 spiro atoms. The molecule has 5 heteroatoms. The van der Waals surface area contributed by atoms with E-state index in [-0.39, 0.29) is 11.4 Å². The number of ether oxygens (including phenoxy) is 2. The van der Waals surface area contributed by atoms with Gasteiger partial charge < -0.3 is 9.47 Å². The lowest BCUT2D eigenvalue weighted by Gasteiger charge is -2.21. The first-order valence-electron chi connectivity index (χ1n) is 6.66. The summed E-state index contributed by atoms with van der Waals surface area (Å²) in [6.45, 7) is 0.642. The maximum Gasteiger partial charge on any atom is 0.314 e. The van der Waals surface area contributed by atoms with Gasteiger partial charge in [-0.15, -0.1) is 0 Å². The van der Waals surface area contributed by atoms with Gasteiger partial charge in [-0.3, -0.25) is 10.1 Å². The predicted octanol–water partition coefficient (Wildman–Crippen LogP) is 3.56. The van der Waals surface area contributed by atoms with E-state index < -0.39 is 4.92 Å². The van der Waals surface area contributed by atoms with Gasteiger partial charge in [-0.05, 0) is 30.9 Å². The van der Waals surface area contributed by atoms with Gasteiger partial charge in [0.15, 0.2) is 5.75 Å². The zero-order chi connectivity index (χ0) is 13.7. The third kappa shape index (κ3) is 3.59. The van der Waals surface area contributed by atoms with Crippen LogP contribution in [0.15, 0.2) is 18.2 Å². The normalized spacial score (nSPS) is 16.1. The van der Waals surface area contributed by atoms with Gasteiger partial charge in [0.05, 0.1) is 24.7 Å². The number of rotatable bonds is 5. The lowest BCUT2D eigenvalue weighted by Crippen LogP contribution is -2.15. The van der Waals surface area contributed by atoms with Crippen LogP contribution in [0.4, 0.5) is 5.69 Å². The Morgan fingerprint density at radius 1 is 1.32 bits per heavy atom. The average Bonchev–Trinajstić information content (AvgIpc) is 2.46. The second-order valence-electron chi connectivity index (χ2n) is 4.91. The molecule has 0 N–H and O–H groups in total. The second kappa shape index (κ2) is 6.41. The number of hydrogen-bond donors (Lipinski definition) is 0. The minimum atomic E-state index is -0.452. The number of methoxy groups -OCH3 is 1. The number of nitro groups is 1. The predicted molar refractivity (Wildman–Crippen MR) is 71.7 cm³/mol. The van der Waals surface area contributed by atoms with E-state index in [1.807, 2.05) is 0 Å². The molecule has 19 heavy (non-hydrogen) atoms. The zero-order valence-corrected chi connectivity index (χ0v) is 11.1. The smallest absolute Gasteiger partial charge is 0.314 e. The quantitative estimate of drug-likeness (QED) is 0.603. The first kappa shape index (κ1) is 13.6. The molecular weight excluding hydrogens is 246 g/mol. The van der Waals surface area contributed by atoms with E-state index in [9.17, 15) is 10.1 Å². The maximum atomic E-state index is 10.9. The Labute approximate surface area is 112 Å². The molecule has 1 fully saturated rings. The lowest BCUT2D eigenvalue weighted by atomic mass is 9.90. The van der Waals surface area contributed by atoms with Crippen molar-refractivity contribution in [1.29, 1.82) is 0 Å². The van der Waals surface area contributed by atoms with Crippen LogP contribution in [0.5, 0.6) is 11.5 Å². The van der Waals surface area contributed by atoms with E-state index in [0.717, 1.165) is 0 Å². The van der Waals surface area contributed by atoms with Gasteiger partial charge in [-0.25, -0.2) is 0 Å². The molecule has 1 saturated carbocycles. The Balaban J connectivity index is 2.00. The Hall–Kier alpha value is -1.78. The van der Waals surface area contributed by atoms with Crippen molar-refractivity contribution in [2.45, 2.75) is 32.1 Å². The van der Waals surface area contributed by atoms with E-state index in [2.05, 4.69) is 0 Å². The maximum absolute atomic E-state index is 10.9. The number of benzene rings is 1. The van der Waals surface area contributed by atoms with Crippen LogP contribution in [-0.4, -0.2) is 18.6 Å². The van der Waals surface area contributed by atoms with Gasteiger partial charge in [-0.2, -0.15) is 0 Å². The highest BCUT2D eigenvalue weighted by Crippen LogP contribution is 2.31. The summed E-state index contributed by atoms with van der Waals surface area (Å²) < 4.78 is 10.6. The number of hydrogen-bond acceptors (Lipinski definition) is 4. The van der Waals surface area contributed by atoms with Crippen LogP contribution in [-0.2, 0) is 0 Å². The molecule has 1 aliphatic carbocycles. The number of nitro benzene ring substituents is 1. The molecule has 0 radical (unpaired) electrons. The Morgan fingerprint density at radius 2 is 2.05 bits per heavy atom. The molecule has 0 aromatic heterocycles. The average molecular weight is 265 g/mol. The summed E-state index contributed by atoms with van der Waals surface area (Å²) in [4.78, 5) is 10.5. The zero-order valence-electron chi connectivity index (χ0n) is 11.1. The first-order valence-corrected chi connectivity index (χ1v) is 6.66. The molecular formula is C14H19NO4. The fraction of sp³-hybridized carbons (Fsp3) is 0.571. The van der Waals surface area contributed by atoms with Gasteiger partial charge in [0, 0.05) is 0 Å². The van der Waals surface area contributed by atoms with Crippen molar-refractivity contribution in [3.05, 3.63) is 28.3 Å². The SMILES string of the molecule is COc1ccc(OCC2CCCCC2)cc1[N+](=O)[O-]. The molecule has 5 nitrogen and oxygen atoms in total. The van der Waals surface area contributed by atoms with E-state index >= 15 is 0 Å². The molecule has 0 bridgehead atoms. The molecule has 0 atom stereocenters. The molecule has 2 rings (SSSR count). The van der Waals surface area contributed by atoms with Crippen molar-refractivity contribution < 1.29 is 14.4 Å². The van der Waals surface area contributed by atoms with Crippen molar-refractivity contribution in [3.8, 4) is 11.5 Å². The molecule has 1 aromatic carbocycles. The fourth-order valence-electron chi connectivity index (χ4n) is 2.47. The molecule has 0 heterocycles. The monoisotopic (exact) mass is 265 g/mol. The third-order valence-corrected chi connectivity index (χ3v) is 3.56. The van der Waals surface area contributed by atoms with Gasteiger partial charge in [0.1, 0.15) is 5.75 Å². The summed E-state index contributed by atoms with van der Waals surface area (Å²) in [5, 5.41) is 10.9. The fourth-order valence-corrected chi connectivity index (χ4v) is 2.47. The Morgan fingerprint density at radius 3 is 2.68 bits per heavy atom. The van der Waals surface area contributed by atoms with Crippen LogP contribution in [0.25, 0.3) is 0 Å². The van der Waals surface area contributed by atoms with Crippen molar-refractivity contribution in [1.82, 2.24) is 0 Å². The molecule has 0 aliphatic heterocycles. The van der Waals surface area contributed by atoms with E-state index in [1.54, 1.807) is 12.1 Å². The highest BCUT2D eigenvalue weighted by molar-refractivity contribution is 5.50. The molecule has 1 aliphatic rings. The molecule has 0 unspecified atom stereocenters.